The first-order valence-corrected chi connectivity index (χ1v) is 6.64. The monoisotopic (exact) mass is 362 g/mol. The van der Waals surface area contributed by atoms with E-state index in [1.54, 1.807) is 13.0 Å². The molecule has 0 aliphatic heterocycles. The van der Waals surface area contributed by atoms with Crippen molar-refractivity contribution < 1.29 is 22.5 Å². The summed E-state index contributed by atoms with van der Waals surface area (Å²) in [6, 6.07) is 4.96. The van der Waals surface area contributed by atoms with E-state index >= 15 is 0 Å². The van der Waals surface area contributed by atoms with Crippen LogP contribution in [0, 0.1) is 6.92 Å². The Bertz CT molecular complexity index is 668. The number of alkyl halides is 3. The Morgan fingerprint density at radius 2 is 2.10 bits per heavy atom. The van der Waals surface area contributed by atoms with Crippen molar-refractivity contribution in [1.29, 1.82) is 0 Å². The van der Waals surface area contributed by atoms with Gasteiger partial charge in [-0.05, 0) is 25.1 Å². The fraction of sp³-hybridized carbons (Fsp3) is 0.231. The summed E-state index contributed by atoms with van der Waals surface area (Å²) in [4.78, 5) is 11.9. The number of carbonyl (C=O) groups is 1. The predicted octanol–water partition coefficient (Wildman–Crippen LogP) is 3.69. The van der Waals surface area contributed by atoms with Crippen molar-refractivity contribution in [1.82, 2.24) is 10.5 Å². The topological polar surface area (TPSA) is 55.1 Å². The molecule has 0 saturated carbocycles. The molecule has 2 rings (SSSR count). The molecule has 21 heavy (non-hydrogen) atoms. The molecular weight excluding hydrogens is 353 g/mol. The SMILES string of the molecule is Cc1cc(CNC(=O)c2ccc(Br)cc2C(F)(F)F)on1. The van der Waals surface area contributed by atoms with E-state index in [-0.39, 0.29) is 11.0 Å². The van der Waals surface area contributed by atoms with E-state index in [4.69, 9.17) is 4.52 Å². The maximum absolute atomic E-state index is 12.9. The minimum atomic E-state index is -4.61. The quantitative estimate of drug-likeness (QED) is 0.905. The summed E-state index contributed by atoms with van der Waals surface area (Å²) in [6.07, 6.45) is -4.61. The second-order valence-electron chi connectivity index (χ2n) is 4.30. The van der Waals surface area contributed by atoms with Gasteiger partial charge in [0.15, 0.2) is 5.76 Å². The Balaban J connectivity index is 2.19. The normalized spacial score (nSPS) is 11.5. The lowest BCUT2D eigenvalue weighted by molar-refractivity contribution is -0.138. The lowest BCUT2D eigenvalue weighted by Crippen LogP contribution is -2.25. The first-order valence-electron chi connectivity index (χ1n) is 5.84. The van der Waals surface area contributed by atoms with Crippen LogP contribution >= 0.6 is 15.9 Å². The third kappa shape index (κ3) is 3.84. The van der Waals surface area contributed by atoms with Crippen LogP contribution in [0.3, 0.4) is 0 Å². The first-order chi connectivity index (χ1) is 9.77. The molecule has 0 aliphatic carbocycles. The number of carbonyl (C=O) groups excluding carboxylic acids is 1. The highest BCUT2D eigenvalue weighted by atomic mass is 79.9. The first kappa shape index (κ1) is 15.6. The lowest BCUT2D eigenvalue weighted by Gasteiger charge is -2.12. The van der Waals surface area contributed by atoms with E-state index in [1.807, 2.05) is 0 Å². The molecule has 2 aromatic rings. The van der Waals surface area contributed by atoms with Gasteiger partial charge in [0.05, 0.1) is 23.4 Å². The second kappa shape index (κ2) is 5.88. The molecule has 0 atom stereocenters. The molecule has 0 bridgehead atoms. The summed E-state index contributed by atoms with van der Waals surface area (Å²) in [5.41, 5.74) is -0.816. The Morgan fingerprint density at radius 1 is 1.38 bits per heavy atom. The van der Waals surface area contributed by atoms with Crippen molar-refractivity contribution in [2.75, 3.05) is 0 Å². The van der Waals surface area contributed by atoms with Crippen molar-refractivity contribution in [3.63, 3.8) is 0 Å². The van der Waals surface area contributed by atoms with Crippen LogP contribution in [0.4, 0.5) is 13.2 Å². The average molecular weight is 363 g/mol. The highest BCUT2D eigenvalue weighted by Gasteiger charge is 2.35. The minimum Gasteiger partial charge on any atom is -0.359 e. The summed E-state index contributed by atoms with van der Waals surface area (Å²) in [7, 11) is 0. The van der Waals surface area contributed by atoms with Gasteiger partial charge in [0.2, 0.25) is 0 Å². The highest BCUT2D eigenvalue weighted by Crippen LogP contribution is 2.33. The van der Waals surface area contributed by atoms with Gasteiger partial charge in [-0.15, -0.1) is 0 Å². The van der Waals surface area contributed by atoms with Gasteiger partial charge in [0, 0.05) is 10.5 Å². The van der Waals surface area contributed by atoms with Gasteiger partial charge in [-0.3, -0.25) is 4.79 Å². The summed E-state index contributed by atoms with van der Waals surface area (Å²) in [6.45, 7) is 1.67. The molecule has 1 aromatic carbocycles. The number of amides is 1. The molecule has 1 amide bonds. The molecule has 0 spiro atoms. The molecule has 0 unspecified atom stereocenters. The Kier molecular flexibility index (Phi) is 4.36. The van der Waals surface area contributed by atoms with Gasteiger partial charge in [-0.1, -0.05) is 21.1 Å². The standard InChI is InChI=1S/C13H10BrF3N2O2/c1-7-4-9(21-19-7)6-18-12(20)10-3-2-8(14)5-11(10)13(15,16)17/h2-5H,6H2,1H3,(H,18,20). The van der Waals surface area contributed by atoms with Gasteiger partial charge in [-0.25, -0.2) is 0 Å². The summed E-state index contributed by atoms with van der Waals surface area (Å²) in [5, 5.41) is 6.00. The predicted molar refractivity (Wildman–Crippen MR) is 71.6 cm³/mol. The number of hydrogen-bond acceptors (Lipinski definition) is 3. The number of rotatable bonds is 3. The van der Waals surface area contributed by atoms with Crippen molar-refractivity contribution >= 4 is 21.8 Å². The van der Waals surface area contributed by atoms with Crippen molar-refractivity contribution in [2.45, 2.75) is 19.6 Å². The van der Waals surface area contributed by atoms with Crippen LogP contribution < -0.4 is 5.32 Å². The van der Waals surface area contributed by atoms with E-state index in [0.717, 1.165) is 12.1 Å². The molecule has 112 valence electrons. The number of hydrogen-bond donors (Lipinski definition) is 1. The van der Waals surface area contributed by atoms with Gasteiger partial charge in [0.25, 0.3) is 5.91 Å². The molecule has 1 heterocycles. The number of halogens is 4. The largest absolute Gasteiger partial charge is 0.417 e. The molecule has 1 N–H and O–H groups in total. The number of nitrogens with one attached hydrogen (secondary N) is 1. The smallest absolute Gasteiger partial charge is 0.359 e. The fourth-order valence-corrected chi connectivity index (χ4v) is 2.07. The maximum atomic E-state index is 12.9. The number of aryl methyl sites for hydroxylation is 1. The summed E-state index contributed by atoms with van der Waals surface area (Å²) in [5.74, 6) is -0.463. The van der Waals surface area contributed by atoms with Crippen molar-refractivity contribution in [3.05, 3.63) is 51.3 Å². The van der Waals surface area contributed by atoms with Gasteiger partial charge in [-0.2, -0.15) is 13.2 Å². The Morgan fingerprint density at radius 3 is 2.67 bits per heavy atom. The van der Waals surface area contributed by atoms with Crippen LogP contribution in [0.25, 0.3) is 0 Å². The zero-order valence-corrected chi connectivity index (χ0v) is 12.4. The molecule has 4 nitrogen and oxygen atoms in total. The summed E-state index contributed by atoms with van der Waals surface area (Å²) >= 11 is 2.96. The van der Waals surface area contributed by atoms with E-state index in [9.17, 15) is 18.0 Å². The molecule has 0 saturated heterocycles. The van der Waals surface area contributed by atoms with E-state index in [1.165, 1.54) is 6.07 Å². The highest BCUT2D eigenvalue weighted by molar-refractivity contribution is 9.10. The number of benzene rings is 1. The zero-order valence-electron chi connectivity index (χ0n) is 10.8. The lowest BCUT2D eigenvalue weighted by atomic mass is 10.1. The minimum absolute atomic E-state index is 0.0347. The van der Waals surface area contributed by atoms with Gasteiger partial charge < -0.3 is 9.84 Å². The van der Waals surface area contributed by atoms with Crippen molar-refractivity contribution in [2.24, 2.45) is 0 Å². The zero-order chi connectivity index (χ0) is 15.6. The van der Waals surface area contributed by atoms with Crippen molar-refractivity contribution in [3.8, 4) is 0 Å². The van der Waals surface area contributed by atoms with E-state index < -0.39 is 23.2 Å². The van der Waals surface area contributed by atoms with Gasteiger partial charge >= 0.3 is 6.18 Å². The maximum Gasteiger partial charge on any atom is 0.417 e. The molecular formula is C13H10BrF3N2O2. The number of aromatic nitrogens is 1. The van der Waals surface area contributed by atoms with Crippen LogP contribution in [-0.4, -0.2) is 11.1 Å². The number of nitrogens with zero attached hydrogens (tertiary/aromatic N) is 1. The van der Waals surface area contributed by atoms with Crippen LogP contribution in [-0.2, 0) is 12.7 Å². The molecule has 0 aliphatic rings. The van der Waals surface area contributed by atoms with E-state index in [0.29, 0.717) is 11.5 Å². The fourth-order valence-electron chi connectivity index (χ4n) is 1.71. The van der Waals surface area contributed by atoms with Crippen LogP contribution in [0.15, 0.2) is 33.3 Å². The van der Waals surface area contributed by atoms with Crippen LogP contribution in [0.5, 0.6) is 0 Å². The van der Waals surface area contributed by atoms with Crippen LogP contribution in [0.1, 0.15) is 27.4 Å². The Hall–Kier alpha value is -1.83. The van der Waals surface area contributed by atoms with Crippen LogP contribution in [0.2, 0.25) is 0 Å². The summed E-state index contributed by atoms with van der Waals surface area (Å²) < 4.78 is 43.9. The molecule has 0 radical (unpaired) electrons. The molecule has 1 aromatic heterocycles. The third-order valence-corrected chi connectivity index (χ3v) is 3.12. The second-order valence-corrected chi connectivity index (χ2v) is 5.22. The molecule has 8 heteroatoms. The molecule has 0 fully saturated rings. The Labute approximate surface area is 126 Å². The van der Waals surface area contributed by atoms with Gasteiger partial charge in [0.1, 0.15) is 0 Å². The third-order valence-electron chi connectivity index (χ3n) is 2.63. The van der Waals surface area contributed by atoms with E-state index in [2.05, 4.69) is 26.4 Å². The average Bonchev–Trinajstić information content (AvgIpc) is 2.81.